The van der Waals surface area contributed by atoms with Crippen molar-refractivity contribution in [3.63, 3.8) is 0 Å². The molecule has 0 radical (unpaired) electrons. The van der Waals surface area contributed by atoms with Crippen LogP contribution in [-0.2, 0) is 10.8 Å². The summed E-state index contributed by atoms with van der Waals surface area (Å²) in [5.41, 5.74) is 21.3. The van der Waals surface area contributed by atoms with Gasteiger partial charge in [-0.3, -0.25) is 0 Å². The average molecular weight is 567 g/mol. The van der Waals surface area contributed by atoms with Crippen molar-refractivity contribution in [2.75, 3.05) is 0 Å². The predicted molar refractivity (Wildman–Crippen MR) is 187 cm³/mol. The second-order valence-corrected chi connectivity index (χ2v) is 14.0. The minimum atomic E-state index is -0.0705. The summed E-state index contributed by atoms with van der Waals surface area (Å²) in [6.45, 7) is 13.9. The van der Waals surface area contributed by atoms with Crippen LogP contribution in [0.2, 0.25) is 0 Å². The molecule has 0 unspecified atom stereocenters. The van der Waals surface area contributed by atoms with E-state index in [-0.39, 0.29) is 10.8 Å². The maximum atomic E-state index is 2.45. The van der Waals surface area contributed by atoms with Crippen LogP contribution < -0.4 is 0 Å². The van der Waals surface area contributed by atoms with Gasteiger partial charge in [0.15, 0.2) is 0 Å². The molecule has 44 heavy (non-hydrogen) atoms. The molecule has 0 nitrogen and oxygen atoms in total. The third kappa shape index (κ3) is 3.97. The summed E-state index contributed by atoms with van der Waals surface area (Å²) >= 11 is 0. The van der Waals surface area contributed by atoms with Crippen molar-refractivity contribution in [1.82, 2.24) is 0 Å². The van der Waals surface area contributed by atoms with Gasteiger partial charge in [0, 0.05) is 10.8 Å². The third-order valence-corrected chi connectivity index (χ3v) is 10.4. The third-order valence-electron chi connectivity index (χ3n) is 10.4. The molecule has 214 valence electrons. The van der Waals surface area contributed by atoms with Crippen molar-refractivity contribution < 1.29 is 0 Å². The molecule has 0 aliphatic heterocycles. The fourth-order valence-corrected chi connectivity index (χ4v) is 7.84. The molecule has 2 aliphatic rings. The monoisotopic (exact) mass is 566 g/mol. The van der Waals surface area contributed by atoms with Crippen LogP contribution in [-0.4, -0.2) is 0 Å². The Morgan fingerprint density at radius 2 is 0.591 bits per heavy atom. The number of hydrogen-bond acceptors (Lipinski definition) is 0. The molecule has 6 aromatic rings. The highest BCUT2D eigenvalue weighted by atomic mass is 14.4. The van der Waals surface area contributed by atoms with Crippen molar-refractivity contribution >= 4 is 0 Å². The lowest BCUT2D eigenvalue weighted by Gasteiger charge is -2.24. The summed E-state index contributed by atoms with van der Waals surface area (Å²) in [5.74, 6) is 0. The smallest absolute Gasteiger partial charge is 0.0159 e. The Hall–Kier alpha value is -4.68. The molecule has 2 aliphatic carbocycles. The van der Waals surface area contributed by atoms with Gasteiger partial charge in [0.1, 0.15) is 0 Å². The molecule has 8 rings (SSSR count). The lowest BCUT2D eigenvalue weighted by molar-refractivity contribution is 0.660. The van der Waals surface area contributed by atoms with E-state index in [9.17, 15) is 0 Å². The van der Waals surface area contributed by atoms with E-state index in [1.54, 1.807) is 0 Å². The molecule has 0 bridgehead atoms. The molecule has 0 atom stereocenters. The summed E-state index contributed by atoms with van der Waals surface area (Å²) in [6.07, 6.45) is 0. The molecular weight excluding hydrogens is 528 g/mol. The first-order valence-electron chi connectivity index (χ1n) is 15.8. The highest BCUT2D eigenvalue weighted by Gasteiger charge is 2.37. The summed E-state index contributed by atoms with van der Waals surface area (Å²) in [4.78, 5) is 0. The van der Waals surface area contributed by atoms with Crippen LogP contribution in [0.15, 0.2) is 121 Å². The second-order valence-electron chi connectivity index (χ2n) is 14.0. The molecule has 0 heterocycles. The Morgan fingerprint density at radius 3 is 0.864 bits per heavy atom. The molecule has 0 spiro atoms. The Kier molecular flexibility index (Phi) is 5.75. The van der Waals surface area contributed by atoms with E-state index in [1.807, 2.05) is 0 Å². The van der Waals surface area contributed by atoms with E-state index in [0.29, 0.717) is 0 Å². The molecular formula is C44H38. The number of aryl methyl sites for hydroxylation is 2. The van der Waals surface area contributed by atoms with Crippen molar-refractivity contribution in [3.8, 4) is 55.6 Å². The van der Waals surface area contributed by atoms with Crippen molar-refractivity contribution in [2.45, 2.75) is 52.4 Å². The fraction of sp³-hybridized carbons (Fsp3) is 0.182. The molecule has 0 saturated carbocycles. The van der Waals surface area contributed by atoms with E-state index >= 15 is 0 Å². The lowest BCUT2D eigenvalue weighted by Crippen LogP contribution is -2.15. The first-order chi connectivity index (χ1) is 21.1. The van der Waals surface area contributed by atoms with Gasteiger partial charge in [0.05, 0.1) is 0 Å². The Labute approximate surface area is 262 Å². The van der Waals surface area contributed by atoms with E-state index in [0.717, 1.165) is 0 Å². The molecule has 0 saturated heterocycles. The highest BCUT2D eigenvalue weighted by molar-refractivity contribution is 5.88. The maximum absolute atomic E-state index is 2.45. The van der Waals surface area contributed by atoms with E-state index < -0.39 is 0 Å². The van der Waals surface area contributed by atoms with Gasteiger partial charge in [-0.15, -0.1) is 0 Å². The first kappa shape index (κ1) is 26.9. The van der Waals surface area contributed by atoms with Crippen LogP contribution in [0.1, 0.15) is 61.1 Å². The standard InChI is InChI=1S/C44H38/c1-27-9-7-11-29(21-27)31-13-17-35-37-19-15-33(25-41(37)43(3,4)39(35)23-31)34-16-20-38-36-18-14-32(30-12-8-10-28(2)22-30)24-40(36)44(5,6)42(38)26-34/h7-26H,1-6H3. The average Bonchev–Trinajstić information content (AvgIpc) is 3.39. The first-order valence-corrected chi connectivity index (χ1v) is 15.8. The molecule has 0 heteroatoms. The van der Waals surface area contributed by atoms with Gasteiger partial charge in [0.25, 0.3) is 0 Å². The zero-order valence-corrected chi connectivity index (χ0v) is 26.5. The number of hydrogen-bond donors (Lipinski definition) is 0. The topological polar surface area (TPSA) is 0 Å². The van der Waals surface area contributed by atoms with Gasteiger partial charge in [-0.05, 0) is 116 Å². The van der Waals surface area contributed by atoms with Crippen molar-refractivity contribution in [3.05, 3.63) is 155 Å². The molecule has 6 aromatic carbocycles. The summed E-state index contributed by atoms with van der Waals surface area (Å²) < 4.78 is 0. The van der Waals surface area contributed by atoms with E-state index in [2.05, 4.69) is 163 Å². The Balaban J connectivity index is 1.17. The summed E-state index contributed by atoms with van der Waals surface area (Å²) in [7, 11) is 0. The Bertz CT molecular complexity index is 1980. The SMILES string of the molecule is Cc1cccc(-c2ccc3c(c2)C(C)(C)c2cc(-c4ccc5c(c4)C(C)(C)c4cc(-c6cccc(C)c6)ccc4-5)ccc2-3)c1. The van der Waals surface area contributed by atoms with Crippen LogP contribution in [0.25, 0.3) is 55.6 Å². The van der Waals surface area contributed by atoms with Gasteiger partial charge in [-0.2, -0.15) is 0 Å². The molecule has 0 amide bonds. The number of fused-ring (bicyclic) bond motifs is 6. The quantitative estimate of drug-likeness (QED) is 0.200. The predicted octanol–water partition coefficient (Wildman–Crippen LogP) is 11.9. The van der Waals surface area contributed by atoms with E-state index in [1.165, 1.54) is 89.0 Å². The summed E-state index contributed by atoms with van der Waals surface area (Å²) in [6, 6.07) is 46.0. The normalized spacial score (nSPS) is 15.0. The lowest BCUT2D eigenvalue weighted by atomic mass is 9.79. The molecule has 0 N–H and O–H groups in total. The summed E-state index contributed by atoms with van der Waals surface area (Å²) in [5, 5.41) is 0. The Morgan fingerprint density at radius 1 is 0.318 bits per heavy atom. The van der Waals surface area contributed by atoms with Crippen LogP contribution >= 0.6 is 0 Å². The van der Waals surface area contributed by atoms with E-state index in [4.69, 9.17) is 0 Å². The minimum Gasteiger partial charge on any atom is -0.0614 e. The molecule has 0 aromatic heterocycles. The zero-order valence-electron chi connectivity index (χ0n) is 26.5. The maximum Gasteiger partial charge on any atom is 0.0159 e. The highest BCUT2D eigenvalue weighted by Crippen LogP contribution is 2.53. The minimum absolute atomic E-state index is 0.0705. The van der Waals surface area contributed by atoms with Gasteiger partial charge < -0.3 is 0 Å². The van der Waals surface area contributed by atoms with Gasteiger partial charge in [0.2, 0.25) is 0 Å². The van der Waals surface area contributed by atoms with Crippen LogP contribution in [0.4, 0.5) is 0 Å². The second kappa shape index (κ2) is 9.41. The zero-order chi connectivity index (χ0) is 30.4. The van der Waals surface area contributed by atoms with Gasteiger partial charge in [-0.1, -0.05) is 136 Å². The van der Waals surface area contributed by atoms with Crippen LogP contribution in [0.3, 0.4) is 0 Å². The fourth-order valence-electron chi connectivity index (χ4n) is 7.84. The van der Waals surface area contributed by atoms with Crippen molar-refractivity contribution in [1.29, 1.82) is 0 Å². The molecule has 0 fully saturated rings. The number of rotatable bonds is 3. The van der Waals surface area contributed by atoms with Gasteiger partial charge in [-0.25, -0.2) is 0 Å². The van der Waals surface area contributed by atoms with Crippen LogP contribution in [0, 0.1) is 13.8 Å². The van der Waals surface area contributed by atoms with Crippen molar-refractivity contribution in [2.24, 2.45) is 0 Å². The largest absolute Gasteiger partial charge is 0.0614 e. The number of benzene rings is 6. The van der Waals surface area contributed by atoms with Crippen LogP contribution in [0.5, 0.6) is 0 Å². The van der Waals surface area contributed by atoms with Gasteiger partial charge >= 0.3 is 0 Å².